The highest BCUT2D eigenvalue weighted by atomic mass is 35.5. The summed E-state index contributed by atoms with van der Waals surface area (Å²) in [6, 6.07) is 5.46. The van der Waals surface area contributed by atoms with Gasteiger partial charge >= 0.3 is 0 Å². The van der Waals surface area contributed by atoms with Gasteiger partial charge in [0, 0.05) is 30.1 Å². The van der Waals surface area contributed by atoms with Crippen molar-refractivity contribution in [3.63, 3.8) is 0 Å². The average molecular weight is 280 g/mol. The molecule has 0 spiro atoms. The number of amides is 1. The molecule has 1 amide bonds. The number of methoxy groups -OCH3 is 1. The molecule has 0 atom stereocenters. The molecular weight excluding hydrogens is 262 g/mol. The fourth-order valence-corrected chi connectivity index (χ4v) is 2.53. The second-order valence-electron chi connectivity index (χ2n) is 4.79. The molecule has 19 heavy (non-hydrogen) atoms. The van der Waals surface area contributed by atoms with Crippen LogP contribution in [0.15, 0.2) is 30.4 Å². The number of allylic oxidation sites excluding steroid dienone is 2. The molecular formula is C15H18ClNO2. The van der Waals surface area contributed by atoms with E-state index in [0.717, 1.165) is 24.2 Å². The van der Waals surface area contributed by atoms with Gasteiger partial charge in [-0.2, -0.15) is 0 Å². The molecule has 0 saturated heterocycles. The topological polar surface area (TPSA) is 29.5 Å². The molecule has 0 aliphatic heterocycles. The van der Waals surface area contributed by atoms with Gasteiger partial charge in [-0.1, -0.05) is 23.8 Å². The first-order valence-corrected chi connectivity index (χ1v) is 6.72. The van der Waals surface area contributed by atoms with E-state index in [-0.39, 0.29) is 11.8 Å². The Balaban J connectivity index is 2.07. The Morgan fingerprint density at radius 2 is 2.11 bits per heavy atom. The number of carbonyl (C=O) groups is 1. The molecule has 0 N–H and O–H groups in total. The van der Waals surface area contributed by atoms with Crippen LogP contribution in [0.4, 0.5) is 0 Å². The first-order valence-electron chi connectivity index (χ1n) is 6.34. The number of benzene rings is 1. The maximum absolute atomic E-state index is 12.2. The second kappa shape index (κ2) is 6.11. The van der Waals surface area contributed by atoms with Crippen LogP contribution in [0.25, 0.3) is 0 Å². The summed E-state index contributed by atoms with van der Waals surface area (Å²) in [5.74, 6) is 1.02. The van der Waals surface area contributed by atoms with Crippen molar-refractivity contribution in [2.75, 3.05) is 14.2 Å². The molecule has 1 aromatic carbocycles. The molecule has 1 aliphatic rings. The van der Waals surface area contributed by atoms with Gasteiger partial charge < -0.3 is 9.64 Å². The Hall–Kier alpha value is -1.48. The summed E-state index contributed by atoms with van der Waals surface area (Å²) >= 11 is 5.99. The van der Waals surface area contributed by atoms with Crippen LogP contribution in [-0.4, -0.2) is 25.0 Å². The quantitative estimate of drug-likeness (QED) is 0.792. The zero-order chi connectivity index (χ0) is 13.8. The van der Waals surface area contributed by atoms with Crippen molar-refractivity contribution >= 4 is 17.5 Å². The zero-order valence-electron chi connectivity index (χ0n) is 11.2. The molecule has 2 rings (SSSR count). The second-order valence-corrected chi connectivity index (χ2v) is 5.23. The molecule has 0 aromatic heterocycles. The summed E-state index contributed by atoms with van der Waals surface area (Å²) in [5.41, 5.74) is 0.928. The molecule has 4 heteroatoms. The van der Waals surface area contributed by atoms with Crippen LogP contribution in [0.1, 0.15) is 18.4 Å². The van der Waals surface area contributed by atoms with Crippen molar-refractivity contribution in [2.24, 2.45) is 5.92 Å². The summed E-state index contributed by atoms with van der Waals surface area (Å²) in [4.78, 5) is 14.0. The van der Waals surface area contributed by atoms with Gasteiger partial charge in [0.25, 0.3) is 0 Å². The Morgan fingerprint density at radius 1 is 1.42 bits per heavy atom. The number of carbonyl (C=O) groups excluding carboxylic acids is 1. The van der Waals surface area contributed by atoms with Gasteiger partial charge in [0.05, 0.1) is 7.11 Å². The molecule has 0 heterocycles. The third-order valence-electron chi connectivity index (χ3n) is 3.38. The normalized spacial score (nSPS) is 14.7. The molecule has 3 nitrogen and oxygen atoms in total. The average Bonchev–Trinajstić information content (AvgIpc) is 2.92. The van der Waals surface area contributed by atoms with Gasteiger partial charge in [-0.05, 0) is 31.0 Å². The lowest BCUT2D eigenvalue weighted by molar-refractivity contribution is -0.134. The van der Waals surface area contributed by atoms with Crippen LogP contribution < -0.4 is 4.74 Å². The molecule has 0 saturated carbocycles. The predicted molar refractivity (Wildman–Crippen MR) is 76.3 cm³/mol. The number of hydrogen-bond acceptors (Lipinski definition) is 2. The number of nitrogens with zero attached hydrogens (tertiary/aromatic N) is 1. The van der Waals surface area contributed by atoms with Crippen LogP contribution in [0.5, 0.6) is 5.75 Å². The van der Waals surface area contributed by atoms with E-state index < -0.39 is 0 Å². The van der Waals surface area contributed by atoms with E-state index in [1.807, 2.05) is 19.2 Å². The van der Waals surface area contributed by atoms with E-state index >= 15 is 0 Å². The standard InChI is InChI=1S/C15H18ClNO2/c1-17(15(18)11-5-3-4-6-11)10-12-9-13(16)7-8-14(12)19-2/h3-4,7-9,11H,5-6,10H2,1-2H3. The Morgan fingerprint density at radius 3 is 2.74 bits per heavy atom. The van der Waals surface area contributed by atoms with E-state index in [0.29, 0.717) is 11.6 Å². The molecule has 0 fully saturated rings. The van der Waals surface area contributed by atoms with Crippen LogP contribution in [0.3, 0.4) is 0 Å². The Labute approximate surface area is 118 Å². The molecule has 1 aliphatic carbocycles. The van der Waals surface area contributed by atoms with Gasteiger partial charge in [0.1, 0.15) is 5.75 Å². The van der Waals surface area contributed by atoms with Crippen LogP contribution in [0, 0.1) is 5.92 Å². The lowest BCUT2D eigenvalue weighted by Gasteiger charge is -2.22. The third kappa shape index (κ3) is 3.29. The first kappa shape index (κ1) is 13.9. The minimum absolute atomic E-state index is 0.0928. The van der Waals surface area contributed by atoms with Gasteiger partial charge in [0.15, 0.2) is 0 Å². The molecule has 102 valence electrons. The van der Waals surface area contributed by atoms with Gasteiger partial charge in [-0.3, -0.25) is 4.79 Å². The first-order chi connectivity index (χ1) is 9.11. The number of ether oxygens (including phenoxy) is 1. The van der Waals surface area contributed by atoms with Crippen molar-refractivity contribution in [1.82, 2.24) is 4.90 Å². The fourth-order valence-electron chi connectivity index (χ4n) is 2.33. The molecule has 1 aromatic rings. The maximum atomic E-state index is 12.2. The smallest absolute Gasteiger partial charge is 0.226 e. The van der Waals surface area contributed by atoms with Crippen molar-refractivity contribution in [1.29, 1.82) is 0 Å². The van der Waals surface area contributed by atoms with Crippen LogP contribution in [-0.2, 0) is 11.3 Å². The summed E-state index contributed by atoms with van der Waals surface area (Å²) in [5, 5.41) is 0.652. The highest BCUT2D eigenvalue weighted by Gasteiger charge is 2.23. The van der Waals surface area contributed by atoms with Crippen molar-refractivity contribution in [3.05, 3.63) is 40.9 Å². The third-order valence-corrected chi connectivity index (χ3v) is 3.62. The number of rotatable bonds is 4. The number of halogens is 1. The Bertz CT molecular complexity index is 491. The lowest BCUT2D eigenvalue weighted by atomic mass is 10.1. The van der Waals surface area contributed by atoms with Crippen LogP contribution >= 0.6 is 11.6 Å². The van der Waals surface area contributed by atoms with E-state index in [1.54, 1.807) is 18.1 Å². The van der Waals surface area contributed by atoms with Gasteiger partial charge in [-0.25, -0.2) is 0 Å². The van der Waals surface area contributed by atoms with E-state index in [2.05, 4.69) is 12.2 Å². The molecule has 0 radical (unpaired) electrons. The van der Waals surface area contributed by atoms with Crippen molar-refractivity contribution in [3.8, 4) is 5.75 Å². The predicted octanol–water partition coefficient (Wildman–Crippen LogP) is 3.27. The lowest BCUT2D eigenvalue weighted by Crippen LogP contribution is -2.31. The van der Waals surface area contributed by atoms with Crippen molar-refractivity contribution < 1.29 is 9.53 Å². The summed E-state index contributed by atoms with van der Waals surface area (Å²) < 4.78 is 5.30. The SMILES string of the molecule is COc1ccc(Cl)cc1CN(C)C(=O)C1CC=CC1. The van der Waals surface area contributed by atoms with E-state index in [9.17, 15) is 4.79 Å². The molecule has 0 bridgehead atoms. The zero-order valence-corrected chi connectivity index (χ0v) is 12.0. The number of hydrogen-bond donors (Lipinski definition) is 0. The van der Waals surface area contributed by atoms with Gasteiger partial charge in [-0.15, -0.1) is 0 Å². The fraction of sp³-hybridized carbons (Fsp3) is 0.400. The summed E-state index contributed by atoms with van der Waals surface area (Å²) in [6.45, 7) is 0.513. The largest absolute Gasteiger partial charge is 0.496 e. The van der Waals surface area contributed by atoms with Gasteiger partial charge in [0.2, 0.25) is 5.91 Å². The molecule has 0 unspecified atom stereocenters. The monoisotopic (exact) mass is 279 g/mol. The minimum atomic E-state index is 0.0928. The highest BCUT2D eigenvalue weighted by Crippen LogP contribution is 2.25. The summed E-state index contributed by atoms with van der Waals surface area (Å²) in [7, 11) is 3.44. The highest BCUT2D eigenvalue weighted by molar-refractivity contribution is 6.30. The Kier molecular flexibility index (Phi) is 4.48. The van der Waals surface area contributed by atoms with Crippen LogP contribution in [0.2, 0.25) is 5.02 Å². The minimum Gasteiger partial charge on any atom is -0.496 e. The maximum Gasteiger partial charge on any atom is 0.226 e. The summed E-state index contributed by atoms with van der Waals surface area (Å²) in [6.07, 6.45) is 5.82. The van der Waals surface area contributed by atoms with E-state index in [4.69, 9.17) is 16.3 Å². The van der Waals surface area contributed by atoms with E-state index in [1.165, 1.54) is 0 Å². The van der Waals surface area contributed by atoms with Crippen molar-refractivity contribution in [2.45, 2.75) is 19.4 Å².